The third-order valence-electron chi connectivity index (χ3n) is 2.32. The number of nitrogens with one attached hydrogen (secondary N) is 2. The number of hydrogen-bond acceptors (Lipinski definition) is 2. The Morgan fingerprint density at radius 3 is 1.53 bits per heavy atom. The van der Waals surface area contributed by atoms with Gasteiger partial charge in [0.15, 0.2) is 0 Å². The molecule has 0 aliphatic heterocycles. The van der Waals surface area contributed by atoms with Crippen LogP contribution in [0.2, 0.25) is 0 Å². The molecular formula is C10H18N2O4Pt. The van der Waals surface area contributed by atoms with Crippen molar-refractivity contribution in [3.8, 4) is 0 Å². The molecule has 1 aliphatic rings. The Labute approximate surface area is 115 Å². The maximum atomic E-state index is 9.43. The van der Waals surface area contributed by atoms with E-state index in [-0.39, 0.29) is 33.1 Å². The van der Waals surface area contributed by atoms with Crippen LogP contribution in [0.25, 0.3) is 11.5 Å². The molecule has 0 aromatic carbocycles. The quantitative estimate of drug-likeness (QED) is 0.521. The van der Waals surface area contributed by atoms with Crippen LogP contribution in [0.1, 0.15) is 38.5 Å². The summed E-state index contributed by atoms with van der Waals surface area (Å²) in [4.78, 5) is 18.9. The van der Waals surface area contributed by atoms with Crippen LogP contribution in [0.4, 0.5) is 0 Å². The van der Waals surface area contributed by atoms with E-state index in [2.05, 4.69) is 0 Å². The van der Waals surface area contributed by atoms with Crippen LogP contribution in [0.3, 0.4) is 0 Å². The Kier molecular flexibility index (Phi) is 11.9. The van der Waals surface area contributed by atoms with E-state index in [1.165, 1.54) is 19.3 Å². The van der Waals surface area contributed by atoms with Crippen LogP contribution >= 0.6 is 0 Å². The van der Waals surface area contributed by atoms with Crippen molar-refractivity contribution in [1.29, 1.82) is 0 Å². The van der Waals surface area contributed by atoms with Crippen molar-refractivity contribution in [2.75, 3.05) is 0 Å². The molecule has 0 saturated heterocycles. The molecule has 0 amide bonds. The molecule has 1 aliphatic carbocycles. The molecular weight excluding hydrogens is 407 g/mol. The zero-order valence-corrected chi connectivity index (χ0v) is 11.7. The van der Waals surface area contributed by atoms with Gasteiger partial charge in [-0.1, -0.05) is 32.1 Å². The Morgan fingerprint density at radius 2 is 1.29 bits per heavy atom. The first-order valence-corrected chi connectivity index (χ1v) is 5.29. The summed E-state index contributed by atoms with van der Waals surface area (Å²) in [6.45, 7) is 0. The first kappa shape index (κ1) is 18.9. The summed E-state index contributed by atoms with van der Waals surface area (Å²) in [5, 5.41) is 15.4. The Hall–Kier alpha value is -0.452. The van der Waals surface area contributed by atoms with Crippen LogP contribution in [0.15, 0.2) is 0 Å². The predicted molar refractivity (Wildman–Crippen MR) is 59.2 cm³/mol. The van der Waals surface area contributed by atoms with E-state index in [4.69, 9.17) is 21.7 Å². The van der Waals surface area contributed by atoms with Gasteiger partial charge in [-0.3, -0.25) is 9.59 Å². The minimum Gasteiger partial charge on any atom is -0.676 e. The first-order valence-electron chi connectivity index (χ1n) is 5.29. The molecule has 0 bridgehead atoms. The molecule has 102 valence electrons. The minimum absolute atomic E-state index is 0. The fourth-order valence-electron chi connectivity index (χ4n) is 1.44. The predicted octanol–water partition coefficient (Wildman–Crippen LogP) is 2.34. The molecule has 17 heavy (non-hydrogen) atoms. The summed E-state index contributed by atoms with van der Waals surface area (Å²) >= 11 is 0. The van der Waals surface area contributed by atoms with E-state index < -0.39 is 18.4 Å². The van der Waals surface area contributed by atoms with Crippen molar-refractivity contribution < 1.29 is 40.9 Å². The second-order valence-corrected chi connectivity index (χ2v) is 3.82. The van der Waals surface area contributed by atoms with Gasteiger partial charge in [0, 0.05) is 0 Å². The Balaban J connectivity index is 0. The number of carbonyl (C=O) groups is 2. The smallest absolute Gasteiger partial charge is 0.676 e. The molecule has 0 heterocycles. The average Bonchev–Trinajstić information content (AvgIpc) is 2.31. The van der Waals surface area contributed by atoms with Crippen LogP contribution in [0, 0.1) is 0 Å². The summed E-state index contributed by atoms with van der Waals surface area (Å²) < 4.78 is 0. The van der Waals surface area contributed by atoms with Gasteiger partial charge < -0.3 is 21.7 Å². The van der Waals surface area contributed by atoms with Gasteiger partial charge in [0.05, 0.1) is 0 Å². The second-order valence-electron chi connectivity index (χ2n) is 3.82. The van der Waals surface area contributed by atoms with Gasteiger partial charge in [0.2, 0.25) is 0 Å². The third kappa shape index (κ3) is 11.8. The van der Waals surface area contributed by atoms with Gasteiger partial charge in [-0.2, -0.15) is 12.1 Å². The topological polar surface area (TPSA) is 122 Å². The van der Waals surface area contributed by atoms with Gasteiger partial charge in [-0.25, -0.2) is 0 Å². The first-order chi connectivity index (χ1) is 7.43. The fraction of sp³-hybridized carbons (Fsp3) is 0.800. The number of aliphatic carboxylic acids is 2. The molecule has 6 nitrogen and oxygen atoms in total. The Morgan fingerprint density at radius 1 is 0.941 bits per heavy atom. The second kappa shape index (κ2) is 10.7. The van der Waals surface area contributed by atoms with E-state index in [1.807, 2.05) is 0 Å². The summed E-state index contributed by atoms with van der Waals surface area (Å²) in [5.41, 5.74) is 14.9. The van der Waals surface area contributed by atoms with Crippen LogP contribution in [0.5, 0.6) is 0 Å². The number of hydrogen-bond donors (Lipinski definition) is 2. The van der Waals surface area contributed by atoms with Crippen molar-refractivity contribution in [2.24, 2.45) is 0 Å². The van der Waals surface area contributed by atoms with Crippen LogP contribution < -0.4 is 0 Å². The summed E-state index contributed by atoms with van der Waals surface area (Å²) in [6, 6.07) is -0.181. The largest absolute Gasteiger partial charge is 2.00 e. The monoisotopic (exact) mass is 425 g/mol. The molecule has 4 N–H and O–H groups in total. The maximum absolute atomic E-state index is 9.43. The van der Waals surface area contributed by atoms with Crippen LogP contribution in [-0.4, -0.2) is 34.2 Å². The van der Waals surface area contributed by atoms with E-state index in [0.29, 0.717) is 0 Å². The van der Waals surface area contributed by atoms with Crippen molar-refractivity contribution in [2.45, 2.75) is 50.6 Å². The molecule has 1 saturated carbocycles. The molecule has 2 atom stereocenters. The molecule has 0 radical (unpaired) electrons. The van der Waals surface area contributed by atoms with E-state index >= 15 is 0 Å². The molecule has 0 aromatic heterocycles. The molecule has 1 fully saturated rings. The van der Waals surface area contributed by atoms with Gasteiger partial charge in [-0.05, 0) is 0 Å². The zero-order valence-electron chi connectivity index (χ0n) is 9.42. The molecule has 7 heteroatoms. The van der Waals surface area contributed by atoms with E-state index in [0.717, 1.165) is 12.8 Å². The average molecular weight is 425 g/mol. The van der Waals surface area contributed by atoms with Gasteiger partial charge in [0.1, 0.15) is 6.42 Å². The van der Waals surface area contributed by atoms with Crippen LogP contribution in [-0.2, 0) is 30.7 Å². The minimum atomic E-state index is -1.31. The zero-order chi connectivity index (χ0) is 12.6. The molecule has 0 spiro atoms. The van der Waals surface area contributed by atoms with Gasteiger partial charge in [0.25, 0.3) is 0 Å². The number of rotatable bonds is 2. The Bertz CT molecular complexity index is 216. The fourth-order valence-corrected chi connectivity index (χ4v) is 1.44. The summed E-state index contributed by atoms with van der Waals surface area (Å²) in [6.07, 6.45) is 4.68. The number of carboxylic acid groups (broad SMARTS) is 2. The maximum Gasteiger partial charge on any atom is 2.00 e. The van der Waals surface area contributed by atoms with Crippen molar-refractivity contribution in [3.63, 3.8) is 0 Å². The van der Waals surface area contributed by atoms with Crippen molar-refractivity contribution in [1.82, 2.24) is 0 Å². The standard InChI is InChI=1S/C7H14N2.C3H4O4.Pt/c8-6-4-2-1-3-5-7(6)9;4-2(5)1-3(6)7;/h6-9H,1-5H2;1H2,(H,4,5)(H,6,7);/q-2;;+2. The van der Waals surface area contributed by atoms with Crippen molar-refractivity contribution >= 4 is 11.9 Å². The van der Waals surface area contributed by atoms with Gasteiger partial charge >= 0.3 is 33.0 Å². The summed E-state index contributed by atoms with van der Waals surface area (Å²) in [5.74, 6) is -2.62. The van der Waals surface area contributed by atoms with Gasteiger partial charge in [-0.15, -0.1) is 0 Å². The number of carboxylic acids is 2. The van der Waals surface area contributed by atoms with E-state index in [1.54, 1.807) is 0 Å². The summed E-state index contributed by atoms with van der Waals surface area (Å²) in [7, 11) is 0. The SMILES string of the molecule is O=C(O)CC(=O)O.[NH-]C1CCCCCC1[NH-].[Pt+2]. The molecule has 1 rings (SSSR count). The molecule has 0 aromatic rings. The normalized spacial score (nSPS) is 23.4. The molecule has 2 unspecified atom stereocenters. The van der Waals surface area contributed by atoms with Crippen molar-refractivity contribution in [3.05, 3.63) is 11.5 Å². The third-order valence-corrected chi connectivity index (χ3v) is 2.32. The van der Waals surface area contributed by atoms with E-state index in [9.17, 15) is 9.59 Å².